The van der Waals surface area contributed by atoms with Crippen LogP contribution in [0.15, 0.2) is 33.4 Å². The van der Waals surface area contributed by atoms with E-state index >= 15 is 0 Å². The summed E-state index contributed by atoms with van der Waals surface area (Å²) >= 11 is 1.44. The average molecular weight is 282 g/mol. The van der Waals surface area contributed by atoms with Crippen LogP contribution in [0.3, 0.4) is 0 Å². The molecule has 1 atom stereocenters. The molecular formula is C11H10N2O5S. The third-order valence-corrected chi connectivity index (χ3v) is 3.08. The molecule has 0 saturated carbocycles. The highest BCUT2D eigenvalue weighted by Gasteiger charge is 2.18. The molecule has 0 fully saturated rings. The van der Waals surface area contributed by atoms with E-state index in [0.29, 0.717) is 5.56 Å². The zero-order chi connectivity index (χ0) is 13.8. The Labute approximate surface area is 111 Å². The Kier molecular flexibility index (Phi) is 3.93. The second-order valence-electron chi connectivity index (χ2n) is 3.68. The third-order valence-electron chi connectivity index (χ3n) is 2.38. The number of nitrogens with one attached hydrogen (secondary N) is 1. The highest BCUT2D eigenvalue weighted by atomic mass is 32.1. The molecule has 7 nitrogen and oxygen atoms in total. The predicted octanol–water partition coefficient (Wildman–Crippen LogP) is 1.71. The van der Waals surface area contributed by atoms with Gasteiger partial charge in [-0.3, -0.25) is 14.9 Å². The van der Waals surface area contributed by atoms with Gasteiger partial charge in [-0.05, 0) is 28.5 Å². The van der Waals surface area contributed by atoms with Gasteiger partial charge in [-0.25, -0.2) is 0 Å². The molecule has 0 bridgehead atoms. The molecule has 0 aliphatic heterocycles. The summed E-state index contributed by atoms with van der Waals surface area (Å²) in [4.78, 5) is 21.3. The van der Waals surface area contributed by atoms with E-state index in [9.17, 15) is 20.0 Å². The lowest BCUT2D eigenvalue weighted by Crippen LogP contribution is -2.27. The van der Waals surface area contributed by atoms with Gasteiger partial charge in [0.15, 0.2) is 5.76 Å². The molecule has 0 radical (unpaired) electrons. The van der Waals surface area contributed by atoms with Crippen molar-refractivity contribution in [1.29, 1.82) is 0 Å². The first-order chi connectivity index (χ1) is 9.08. The molecule has 0 aliphatic carbocycles. The molecule has 2 N–H and O–H groups in total. The number of nitrogens with zero attached hydrogens (tertiary/aromatic N) is 1. The van der Waals surface area contributed by atoms with E-state index in [2.05, 4.69) is 5.32 Å². The maximum atomic E-state index is 11.6. The lowest BCUT2D eigenvalue weighted by atomic mass is 10.2. The van der Waals surface area contributed by atoms with Gasteiger partial charge in [0.2, 0.25) is 0 Å². The summed E-state index contributed by atoms with van der Waals surface area (Å²) in [5.41, 5.74) is 0.704. The Hall–Kier alpha value is -2.19. The minimum Gasteiger partial charge on any atom is -0.395 e. The first-order valence-electron chi connectivity index (χ1n) is 5.30. The second kappa shape index (κ2) is 5.63. The fraction of sp³-hybridized carbons (Fsp3) is 0.182. The fourth-order valence-corrected chi connectivity index (χ4v) is 2.11. The molecule has 0 unspecified atom stereocenters. The van der Waals surface area contributed by atoms with Crippen LogP contribution in [-0.2, 0) is 0 Å². The summed E-state index contributed by atoms with van der Waals surface area (Å²) in [6.45, 7) is 0.00403. The fourth-order valence-electron chi connectivity index (χ4n) is 1.41. The number of thiophene rings is 1. The molecule has 2 heterocycles. The van der Waals surface area contributed by atoms with Gasteiger partial charge in [-0.15, -0.1) is 0 Å². The number of carbonyl (C=O) groups excluding carboxylic acids is 1. The van der Waals surface area contributed by atoms with Gasteiger partial charge in [0.05, 0.1) is 12.2 Å². The van der Waals surface area contributed by atoms with Crippen LogP contribution in [-0.4, -0.2) is 22.5 Å². The van der Waals surface area contributed by atoms with Crippen molar-refractivity contribution in [3.8, 4) is 0 Å². The molecule has 0 aromatic carbocycles. The van der Waals surface area contributed by atoms with E-state index in [0.717, 1.165) is 6.07 Å². The van der Waals surface area contributed by atoms with Crippen molar-refractivity contribution in [1.82, 2.24) is 5.32 Å². The van der Waals surface area contributed by atoms with E-state index < -0.39 is 22.8 Å². The smallest absolute Gasteiger partial charge is 0.395 e. The number of nitro groups is 1. The summed E-state index contributed by atoms with van der Waals surface area (Å²) in [7, 11) is 0. The Bertz CT molecular complexity index is 578. The van der Waals surface area contributed by atoms with E-state index in [1.54, 1.807) is 11.4 Å². The van der Waals surface area contributed by atoms with E-state index in [4.69, 9.17) is 4.42 Å². The molecule has 1 amide bonds. The Morgan fingerprint density at radius 2 is 2.32 bits per heavy atom. The van der Waals surface area contributed by atoms with Gasteiger partial charge in [0.25, 0.3) is 5.91 Å². The number of furan rings is 1. The molecule has 0 aliphatic rings. The zero-order valence-electron chi connectivity index (χ0n) is 9.61. The highest BCUT2D eigenvalue weighted by molar-refractivity contribution is 7.07. The Balaban J connectivity index is 1.92. The number of rotatable bonds is 5. The van der Waals surface area contributed by atoms with Crippen molar-refractivity contribution < 1.29 is 19.2 Å². The summed E-state index contributed by atoms with van der Waals surface area (Å²) in [6, 6.07) is 4.06. The van der Waals surface area contributed by atoms with Crippen LogP contribution >= 0.6 is 11.3 Å². The SMILES string of the molecule is O=C(NC[C@H](O)c1ccsc1)c1ccc([N+](=O)[O-])o1. The molecule has 2 aromatic heterocycles. The van der Waals surface area contributed by atoms with Crippen LogP contribution in [0.5, 0.6) is 0 Å². The Morgan fingerprint density at radius 1 is 1.53 bits per heavy atom. The number of hydrogen-bond acceptors (Lipinski definition) is 6. The van der Waals surface area contributed by atoms with Gasteiger partial charge < -0.3 is 14.8 Å². The maximum Gasteiger partial charge on any atom is 0.433 e. The Morgan fingerprint density at radius 3 is 2.89 bits per heavy atom. The van der Waals surface area contributed by atoms with Crippen molar-refractivity contribution in [2.75, 3.05) is 6.54 Å². The minimum absolute atomic E-state index is 0.00403. The number of carbonyl (C=O) groups is 1. The third kappa shape index (κ3) is 3.18. The van der Waals surface area contributed by atoms with E-state index in [-0.39, 0.29) is 12.3 Å². The number of aliphatic hydroxyl groups is 1. The van der Waals surface area contributed by atoms with Gasteiger partial charge >= 0.3 is 5.88 Å². The molecule has 19 heavy (non-hydrogen) atoms. The first-order valence-corrected chi connectivity index (χ1v) is 6.25. The van der Waals surface area contributed by atoms with Crippen molar-refractivity contribution in [3.63, 3.8) is 0 Å². The normalized spacial score (nSPS) is 12.1. The number of amides is 1. The van der Waals surface area contributed by atoms with Crippen LogP contribution in [0.4, 0.5) is 5.88 Å². The van der Waals surface area contributed by atoms with E-state index in [1.165, 1.54) is 17.4 Å². The molecule has 8 heteroatoms. The summed E-state index contributed by atoms with van der Waals surface area (Å²) in [6.07, 6.45) is -0.819. The second-order valence-corrected chi connectivity index (χ2v) is 4.46. The molecule has 0 spiro atoms. The largest absolute Gasteiger partial charge is 0.433 e. The van der Waals surface area contributed by atoms with Gasteiger partial charge in [-0.1, -0.05) is 0 Å². The van der Waals surface area contributed by atoms with Gasteiger partial charge in [-0.2, -0.15) is 11.3 Å². The summed E-state index contributed by atoms with van der Waals surface area (Å²) in [5.74, 6) is -1.27. The molecular weight excluding hydrogens is 272 g/mol. The van der Waals surface area contributed by atoms with Crippen molar-refractivity contribution in [2.45, 2.75) is 6.10 Å². The lowest BCUT2D eigenvalue weighted by Gasteiger charge is -2.09. The van der Waals surface area contributed by atoms with Crippen LogP contribution in [0.2, 0.25) is 0 Å². The van der Waals surface area contributed by atoms with Gasteiger partial charge in [0.1, 0.15) is 4.92 Å². The predicted molar refractivity (Wildman–Crippen MR) is 67.0 cm³/mol. The number of aliphatic hydroxyl groups excluding tert-OH is 1. The van der Waals surface area contributed by atoms with E-state index in [1.807, 2.05) is 5.38 Å². The standard InChI is InChI=1S/C11H10N2O5S/c14-8(7-3-4-19-6-7)5-12-11(15)9-1-2-10(18-9)13(16)17/h1-4,6,8,14H,5H2,(H,12,15)/t8-/m0/s1. The van der Waals surface area contributed by atoms with Crippen molar-refractivity contribution in [2.24, 2.45) is 0 Å². The van der Waals surface area contributed by atoms with Crippen molar-refractivity contribution >= 4 is 23.1 Å². The lowest BCUT2D eigenvalue weighted by molar-refractivity contribution is -0.402. The first kappa shape index (κ1) is 13.2. The molecule has 0 saturated heterocycles. The molecule has 2 aromatic rings. The average Bonchev–Trinajstić information content (AvgIpc) is 3.05. The van der Waals surface area contributed by atoms with Crippen LogP contribution in [0.25, 0.3) is 0 Å². The van der Waals surface area contributed by atoms with Crippen LogP contribution < -0.4 is 5.32 Å². The monoisotopic (exact) mass is 282 g/mol. The highest BCUT2D eigenvalue weighted by Crippen LogP contribution is 2.17. The van der Waals surface area contributed by atoms with Gasteiger partial charge in [0, 0.05) is 6.54 Å². The zero-order valence-corrected chi connectivity index (χ0v) is 10.4. The summed E-state index contributed by atoms with van der Waals surface area (Å²) < 4.78 is 4.74. The molecule has 2 rings (SSSR count). The van der Waals surface area contributed by atoms with Crippen LogP contribution in [0.1, 0.15) is 22.2 Å². The van der Waals surface area contributed by atoms with Crippen LogP contribution in [0, 0.1) is 10.1 Å². The maximum absolute atomic E-state index is 11.6. The topological polar surface area (TPSA) is 106 Å². The minimum atomic E-state index is -0.819. The molecule has 100 valence electrons. The quantitative estimate of drug-likeness (QED) is 0.641. The summed E-state index contributed by atoms with van der Waals surface area (Å²) in [5, 5.41) is 26.2. The van der Waals surface area contributed by atoms with Crippen molar-refractivity contribution in [3.05, 3.63) is 50.4 Å². The number of hydrogen-bond donors (Lipinski definition) is 2.